The second kappa shape index (κ2) is 24.2. The quantitative estimate of drug-likeness (QED) is 0.149. The van der Waals surface area contributed by atoms with E-state index in [4.69, 9.17) is 14.2 Å². The highest BCUT2D eigenvalue weighted by Crippen LogP contribution is 2.10. The van der Waals surface area contributed by atoms with Crippen molar-refractivity contribution in [2.75, 3.05) is 26.4 Å². The molecule has 0 aliphatic carbocycles. The van der Waals surface area contributed by atoms with E-state index in [1.807, 2.05) is 0 Å². The summed E-state index contributed by atoms with van der Waals surface area (Å²) in [6, 6.07) is 0. The molecule has 0 aromatic heterocycles. The lowest BCUT2D eigenvalue weighted by Crippen LogP contribution is -2.24. The predicted octanol–water partition coefficient (Wildman–Crippen LogP) is 8.09. The lowest BCUT2D eigenvalue weighted by Gasteiger charge is -2.18. The molecule has 0 N–H and O–H groups in total. The second-order valence-electron chi connectivity index (χ2n) is 8.85. The van der Waals surface area contributed by atoms with Gasteiger partial charge in [-0.25, -0.2) is 0 Å². The van der Waals surface area contributed by atoms with Crippen LogP contribution >= 0.6 is 0 Å². The fourth-order valence-corrected chi connectivity index (χ4v) is 3.50. The Hall–Kier alpha value is -0.120. The van der Waals surface area contributed by atoms with Crippen molar-refractivity contribution in [1.29, 1.82) is 0 Å². The van der Waals surface area contributed by atoms with Crippen molar-refractivity contribution in [2.24, 2.45) is 0 Å². The zero-order valence-corrected chi connectivity index (χ0v) is 20.5. The first-order valence-electron chi connectivity index (χ1n) is 13.0. The molecule has 0 amide bonds. The van der Waals surface area contributed by atoms with Crippen LogP contribution < -0.4 is 0 Å². The molecule has 0 rings (SSSR count). The zero-order chi connectivity index (χ0) is 21.4. The van der Waals surface area contributed by atoms with Gasteiger partial charge in [0.1, 0.15) is 0 Å². The summed E-state index contributed by atoms with van der Waals surface area (Å²) < 4.78 is 17.5. The molecule has 3 nitrogen and oxygen atoms in total. The standard InChI is InChI=1S/C26H54O3/c1-5-7-9-11-13-15-17-19-21-27-23-25(3)29-24-26(4)28-22-20-18-16-14-12-10-8-6-2/h25-26H,5-24H2,1-4H3. The van der Waals surface area contributed by atoms with Crippen molar-refractivity contribution >= 4 is 0 Å². The third-order valence-electron chi connectivity index (χ3n) is 5.51. The van der Waals surface area contributed by atoms with Crippen molar-refractivity contribution in [2.45, 2.75) is 143 Å². The van der Waals surface area contributed by atoms with Gasteiger partial charge in [-0.2, -0.15) is 0 Å². The second-order valence-corrected chi connectivity index (χ2v) is 8.85. The first-order chi connectivity index (χ1) is 14.2. The summed E-state index contributed by atoms with van der Waals surface area (Å²) >= 11 is 0. The van der Waals surface area contributed by atoms with E-state index in [1.54, 1.807) is 0 Å². The lowest BCUT2D eigenvalue weighted by atomic mass is 10.1. The SMILES string of the molecule is CCCCCCCCCCOCC(C)OCC(C)OCCCCCCCCCC. The van der Waals surface area contributed by atoms with Gasteiger partial charge in [0, 0.05) is 13.2 Å². The van der Waals surface area contributed by atoms with Crippen molar-refractivity contribution < 1.29 is 14.2 Å². The minimum absolute atomic E-state index is 0.151. The smallest absolute Gasteiger partial charge is 0.0781 e. The number of rotatable bonds is 24. The average molecular weight is 415 g/mol. The van der Waals surface area contributed by atoms with Crippen LogP contribution in [0, 0.1) is 0 Å². The maximum Gasteiger partial charge on any atom is 0.0781 e. The third kappa shape index (κ3) is 24.0. The van der Waals surface area contributed by atoms with E-state index in [0.29, 0.717) is 13.2 Å². The van der Waals surface area contributed by atoms with Gasteiger partial charge in [0.25, 0.3) is 0 Å². The molecule has 0 aromatic rings. The molecule has 0 spiro atoms. The fraction of sp³-hybridized carbons (Fsp3) is 1.00. The van der Waals surface area contributed by atoms with Crippen LogP contribution in [0.1, 0.15) is 130 Å². The van der Waals surface area contributed by atoms with E-state index in [9.17, 15) is 0 Å². The van der Waals surface area contributed by atoms with Crippen LogP contribution in [0.15, 0.2) is 0 Å². The molecule has 0 aliphatic heterocycles. The Morgan fingerprint density at radius 1 is 0.448 bits per heavy atom. The predicted molar refractivity (Wildman–Crippen MR) is 127 cm³/mol. The Morgan fingerprint density at radius 2 is 0.862 bits per heavy atom. The molecule has 3 heteroatoms. The van der Waals surface area contributed by atoms with Gasteiger partial charge in [0.05, 0.1) is 25.4 Å². The van der Waals surface area contributed by atoms with Crippen LogP contribution in [0.3, 0.4) is 0 Å². The summed E-state index contributed by atoms with van der Waals surface area (Å²) in [7, 11) is 0. The van der Waals surface area contributed by atoms with E-state index >= 15 is 0 Å². The van der Waals surface area contributed by atoms with Crippen LogP contribution in [0.2, 0.25) is 0 Å². The molecule has 29 heavy (non-hydrogen) atoms. The van der Waals surface area contributed by atoms with Crippen molar-refractivity contribution in [1.82, 2.24) is 0 Å². The van der Waals surface area contributed by atoms with Crippen molar-refractivity contribution in [3.8, 4) is 0 Å². The minimum Gasteiger partial charge on any atom is -0.379 e. The highest BCUT2D eigenvalue weighted by molar-refractivity contribution is 4.54. The summed E-state index contributed by atoms with van der Waals surface area (Å²) in [4.78, 5) is 0. The Balaban J connectivity index is 3.29. The first-order valence-corrected chi connectivity index (χ1v) is 13.0. The molecular formula is C26H54O3. The highest BCUT2D eigenvalue weighted by Gasteiger charge is 2.07. The molecular weight excluding hydrogens is 360 g/mol. The molecule has 0 fully saturated rings. The summed E-state index contributed by atoms with van der Waals surface area (Å²) in [5, 5.41) is 0. The minimum atomic E-state index is 0.151. The average Bonchev–Trinajstić information content (AvgIpc) is 2.72. The third-order valence-corrected chi connectivity index (χ3v) is 5.51. The van der Waals surface area contributed by atoms with E-state index in [0.717, 1.165) is 13.2 Å². The molecule has 0 saturated carbocycles. The van der Waals surface area contributed by atoms with Gasteiger partial charge in [-0.15, -0.1) is 0 Å². The van der Waals surface area contributed by atoms with Gasteiger partial charge in [0.2, 0.25) is 0 Å². The molecule has 0 radical (unpaired) electrons. The first kappa shape index (κ1) is 28.9. The van der Waals surface area contributed by atoms with Gasteiger partial charge in [0.15, 0.2) is 0 Å². The normalized spacial score (nSPS) is 13.7. The van der Waals surface area contributed by atoms with Crippen LogP contribution in [-0.2, 0) is 14.2 Å². The van der Waals surface area contributed by atoms with E-state index in [1.165, 1.54) is 103 Å². The number of hydrogen-bond donors (Lipinski definition) is 0. The maximum atomic E-state index is 5.88. The molecule has 0 bridgehead atoms. The van der Waals surface area contributed by atoms with Gasteiger partial charge in [-0.05, 0) is 26.7 Å². The monoisotopic (exact) mass is 414 g/mol. The van der Waals surface area contributed by atoms with E-state index in [2.05, 4.69) is 27.7 Å². The Morgan fingerprint density at radius 3 is 1.38 bits per heavy atom. The highest BCUT2D eigenvalue weighted by atomic mass is 16.6. The van der Waals surface area contributed by atoms with Crippen LogP contribution in [0.4, 0.5) is 0 Å². The Labute approximate surface area is 183 Å². The maximum absolute atomic E-state index is 5.88. The van der Waals surface area contributed by atoms with Crippen LogP contribution in [-0.4, -0.2) is 38.6 Å². The summed E-state index contributed by atoms with van der Waals surface area (Å²) in [6.07, 6.45) is 21.8. The van der Waals surface area contributed by atoms with Gasteiger partial charge in [-0.3, -0.25) is 0 Å². The number of unbranched alkanes of at least 4 members (excludes halogenated alkanes) is 14. The van der Waals surface area contributed by atoms with Crippen LogP contribution in [0.5, 0.6) is 0 Å². The largest absolute Gasteiger partial charge is 0.379 e. The van der Waals surface area contributed by atoms with E-state index < -0.39 is 0 Å². The van der Waals surface area contributed by atoms with Crippen LogP contribution in [0.25, 0.3) is 0 Å². The summed E-state index contributed by atoms with van der Waals surface area (Å²) in [5.74, 6) is 0. The molecule has 0 heterocycles. The summed E-state index contributed by atoms with van der Waals surface area (Å²) in [5.41, 5.74) is 0. The number of hydrogen-bond acceptors (Lipinski definition) is 3. The Kier molecular flexibility index (Phi) is 24.1. The molecule has 176 valence electrons. The van der Waals surface area contributed by atoms with Gasteiger partial charge < -0.3 is 14.2 Å². The molecule has 0 aliphatic rings. The molecule has 0 saturated heterocycles. The van der Waals surface area contributed by atoms with E-state index in [-0.39, 0.29) is 12.2 Å². The molecule has 0 aromatic carbocycles. The zero-order valence-electron chi connectivity index (χ0n) is 20.5. The van der Waals surface area contributed by atoms with Gasteiger partial charge in [-0.1, -0.05) is 104 Å². The van der Waals surface area contributed by atoms with Gasteiger partial charge >= 0.3 is 0 Å². The molecule has 2 unspecified atom stereocenters. The lowest BCUT2D eigenvalue weighted by molar-refractivity contribution is -0.0577. The Bertz CT molecular complexity index is 296. The summed E-state index contributed by atoms with van der Waals surface area (Å²) in [6.45, 7) is 11.8. The fourth-order valence-electron chi connectivity index (χ4n) is 3.50. The molecule has 2 atom stereocenters. The van der Waals surface area contributed by atoms with Crippen molar-refractivity contribution in [3.63, 3.8) is 0 Å². The van der Waals surface area contributed by atoms with Crippen molar-refractivity contribution in [3.05, 3.63) is 0 Å². The topological polar surface area (TPSA) is 27.7 Å². The number of ether oxygens (including phenoxy) is 3.